The lowest BCUT2D eigenvalue weighted by molar-refractivity contribution is -0.121. The van der Waals surface area contributed by atoms with Crippen molar-refractivity contribution in [3.63, 3.8) is 0 Å². The first kappa shape index (κ1) is 17.9. The van der Waals surface area contributed by atoms with Crippen LogP contribution >= 0.6 is 0 Å². The molecule has 1 aromatic heterocycles. The first-order chi connectivity index (χ1) is 12.5. The van der Waals surface area contributed by atoms with Gasteiger partial charge in [-0.05, 0) is 49.2 Å². The number of halogens is 1. The van der Waals surface area contributed by atoms with Gasteiger partial charge in [-0.15, -0.1) is 0 Å². The second kappa shape index (κ2) is 7.95. The molecule has 0 spiro atoms. The quantitative estimate of drug-likeness (QED) is 0.705. The molecule has 0 aliphatic rings. The van der Waals surface area contributed by atoms with Crippen LogP contribution in [0.15, 0.2) is 59.1 Å². The van der Waals surface area contributed by atoms with Crippen LogP contribution in [0.5, 0.6) is 0 Å². The fraction of sp³-hybridized carbons (Fsp3) is 0.238. The number of nitrogens with zero attached hydrogens (tertiary/aromatic N) is 1. The highest BCUT2D eigenvalue weighted by Gasteiger charge is 2.13. The molecule has 1 amide bonds. The summed E-state index contributed by atoms with van der Waals surface area (Å²) in [6.45, 7) is 4.00. The van der Waals surface area contributed by atoms with Crippen molar-refractivity contribution in [2.24, 2.45) is 0 Å². The van der Waals surface area contributed by atoms with Crippen molar-refractivity contribution in [1.29, 1.82) is 0 Å². The van der Waals surface area contributed by atoms with Gasteiger partial charge in [-0.25, -0.2) is 9.37 Å². The number of amides is 1. The van der Waals surface area contributed by atoms with Crippen molar-refractivity contribution in [2.75, 3.05) is 0 Å². The van der Waals surface area contributed by atoms with Crippen LogP contribution in [0.3, 0.4) is 0 Å². The van der Waals surface area contributed by atoms with Crippen molar-refractivity contribution < 1.29 is 13.6 Å². The van der Waals surface area contributed by atoms with E-state index < -0.39 is 0 Å². The fourth-order valence-corrected chi connectivity index (χ4v) is 2.86. The van der Waals surface area contributed by atoms with Gasteiger partial charge in [0.05, 0.1) is 12.2 Å². The molecule has 0 fully saturated rings. The summed E-state index contributed by atoms with van der Waals surface area (Å²) in [6, 6.07) is 14.0. The van der Waals surface area contributed by atoms with E-state index in [1.807, 2.05) is 38.1 Å². The number of carbonyl (C=O) groups is 1. The topological polar surface area (TPSA) is 55.1 Å². The summed E-state index contributed by atoms with van der Waals surface area (Å²) in [5, 5.41) is 3.00. The predicted octanol–water partition coefficient (Wildman–Crippen LogP) is 4.60. The van der Waals surface area contributed by atoms with Crippen molar-refractivity contribution in [3.8, 4) is 11.3 Å². The van der Waals surface area contributed by atoms with Crippen LogP contribution in [0.2, 0.25) is 0 Å². The second-order valence-electron chi connectivity index (χ2n) is 6.27. The molecule has 0 aliphatic heterocycles. The molecule has 3 aromatic rings. The minimum absolute atomic E-state index is 0.0527. The van der Waals surface area contributed by atoms with Crippen molar-refractivity contribution in [3.05, 3.63) is 77.6 Å². The molecule has 1 unspecified atom stereocenters. The van der Waals surface area contributed by atoms with Crippen LogP contribution < -0.4 is 5.32 Å². The van der Waals surface area contributed by atoms with Gasteiger partial charge in [-0.2, -0.15) is 0 Å². The summed E-state index contributed by atoms with van der Waals surface area (Å²) >= 11 is 0. The summed E-state index contributed by atoms with van der Waals surface area (Å²) in [5.74, 6) is 0.701. The number of hydrogen-bond donors (Lipinski definition) is 1. The van der Waals surface area contributed by atoms with E-state index in [-0.39, 0.29) is 17.8 Å². The molecule has 0 aliphatic carbocycles. The zero-order chi connectivity index (χ0) is 18.5. The SMILES string of the molecule is Cc1ccccc1C(C)NC(=O)CCc1ncc(-c2ccc(F)cc2)o1. The standard InChI is InChI=1S/C21H21FN2O2/c1-14-5-3-4-6-18(14)15(2)24-20(25)11-12-21-23-13-19(26-21)16-7-9-17(22)10-8-16/h3-10,13,15H,11-12H2,1-2H3,(H,24,25). The average Bonchev–Trinajstić information content (AvgIpc) is 3.10. The van der Waals surface area contributed by atoms with Gasteiger partial charge in [0, 0.05) is 18.4 Å². The Kier molecular flexibility index (Phi) is 5.46. The van der Waals surface area contributed by atoms with Gasteiger partial charge in [0.15, 0.2) is 11.7 Å². The van der Waals surface area contributed by atoms with Gasteiger partial charge >= 0.3 is 0 Å². The number of aryl methyl sites for hydroxylation is 2. The Morgan fingerprint density at radius 1 is 1.19 bits per heavy atom. The minimum Gasteiger partial charge on any atom is -0.441 e. The van der Waals surface area contributed by atoms with Gasteiger partial charge < -0.3 is 9.73 Å². The zero-order valence-corrected chi connectivity index (χ0v) is 14.8. The molecule has 0 radical (unpaired) electrons. The van der Waals surface area contributed by atoms with E-state index in [0.29, 0.717) is 24.5 Å². The Morgan fingerprint density at radius 2 is 1.92 bits per heavy atom. The van der Waals surface area contributed by atoms with E-state index in [9.17, 15) is 9.18 Å². The summed E-state index contributed by atoms with van der Waals surface area (Å²) in [7, 11) is 0. The maximum absolute atomic E-state index is 13.0. The van der Waals surface area contributed by atoms with Gasteiger partial charge in [0.1, 0.15) is 5.82 Å². The number of oxazole rings is 1. The Hall–Kier alpha value is -2.95. The highest BCUT2D eigenvalue weighted by atomic mass is 19.1. The average molecular weight is 352 g/mol. The molecule has 2 aromatic carbocycles. The highest BCUT2D eigenvalue weighted by Crippen LogP contribution is 2.21. The summed E-state index contributed by atoms with van der Waals surface area (Å²) in [6.07, 6.45) is 2.30. The third-order valence-corrected chi connectivity index (χ3v) is 4.28. The molecule has 4 nitrogen and oxygen atoms in total. The van der Waals surface area contributed by atoms with Crippen LogP contribution in [0.1, 0.15) is 36.4 Å². The van der Waals surface area contributed by atoms with Gasteiger partial charge in [0.25, 0.3) is 0 Å². The maximum atomic E-state index is 13.0. The van der Waals surface area contributed by atoms with E-state index in [1.165, 1.54) is 12.1 Å². The molecule has 0 saturated heterocycles. The zero-order valence-electron chi connectivity index (χ0n) is 14.8. The van der Waals surface area contributed by atoms with Crippen LogP contribution in [-0.4, -0.2) is 10.9 Å². The molecule has 3 rings (SSSR count). The van der Waals surface area contributed by atoms with E-state index in [1.54, 1.807) is 18.3 Å². The first-order valence-electron chi connectivity index (χ1n) is 8.58. The van der Waals surface area contributed by atoms with Crippen LogP contribution in [0.25, 0.3) is 11.3 Å². The molecule has 5 heteroatoms. The van der Waals surface area contributed by atoms with E-state index in [2.05, 4.69) is 10.3 Å². The molecule has 1 heterocycles. The van der Waals surface area contributed by atoms with Crippen molar-refractivity contribution in [2.45, 2.75) is 32.7 Å². The smallest absolute Gasteiger partial charge is 0.220 e. The van der Waals surface area contributed by atoms with E-state index in [0.717, 1.165) is 16.7 Å². The number of rotatable bonds is 6. The summed E-state index contributed by atoms with van der Waals surface area (Å²) < 4.78 is 18.6. The number of hydrogen-bond acceptors (Lipinski definition) is 3. The highest BCUT2D eigenvalue weighted by molar-refractivity contribution is 5.76. The monoisotopic (exact) mass is 352 g/mol. The second-order valence-corrected chi connectivity index (χ2v) is 6.27. The van der Waals surface area contributed by atoms with Crippen LogP contribution in [0.4, 0.5) is 4.39 Å². The Labute approximate surface area is 152 Å². The van der Waals surface area contributed by atoms with Crippen molar-refractivity contribution in [1.82, 2.24) is 10.3 Å². The predicted molar refractivity (Wildman–Crippen MR) is 98.0 cm³/mol. The maximum Gasteiger partial charge on any atom is 0.220 e. The van der Waals surface area contributed by atoms with Crippen molar-refractivity contribution >= 4 is 5.91 Å². The lowest BCUT2D eigenvalue weighted by atomic mass is 10.0. The number of aromatic nitrogens is 1. The Morgan fingerprint density at radius 3 is 2.65 bits per heavy atom. The molecule has 26 heavy (non-hydrogen) atoms. The largest absolute Gasteiger partial charge is 0.441 e. The summed E-state index contributed by atoms with van der Waals surface area (Å²) in [4.78, 5) is 16.4. The number of nitrogens with one attached hydrogen (secondary N) is 1. The summed E-state index contributed by atoms with van der Waals surface area (Å²) in [5.41, 5.74) is 3.01. The van der Waals surface area contributed by atoms with E-state index in [4.69, 9.17) is 4.42 Å². The molecule has 134 valence electrons. The molecule has 1 atom stereocenters. The van der Waals surface area contributed by atoms with Gasteiger partial charge in [-0.1, -0.05) is 24.3 Å². The third kappa shape index (κ3) is 4.36. The number of carbonyl (C=O) groups excluding carboxylic acids is 1. The number of benzene rings is 2. The third-order valence-electron chi connectivity index (χ3n) is 4.28. The lowest BCUT2D eigenvalue weighted by Crippen LogP contribution is -2.27. The fourth-order valence-electron chi connectivity index (χ4n) is 2.86. The lowest BCUT2D eigenvalue weighted by Gasteiger charge is -2.16. The van der Waals surface area contributed by atoms with Gasteiger partial charge in [-0.3, -0.25) is 4.79 Å². The van der Waals surface area contributed by atoms with Crippen LogP contribution in [-0.2, 0) is 11.2 Å². The normalized spacial score (nSPS) is 12.0. The Balaban J connectivity index is 1.55. The Bertz CT molecular complexity index is 887. The molecule has 1 N–H and O–H groups in total. The molecular formula is C21H21FN2O2. The minimum atomic E-state index is -0.298. The molecular weight excluding hydrogens is 331 g/mol. The molecule has 0 bridgehead atoms. The first-order valence-corrected chi connectivity index (χ1v) is 8.58. The van der Waals surface area contributed by atoms with Crippen LogP contribution in [0, 0.1) is 12.7 Å². The van der Waals surface area contributed by atoms with E-state index >= 15 is 0 Å². The van der Waals surface area contributed by atoms with Gasteiger partial charge in [0.2, 0.25) is 5.91 Å². The molecule has 0 saturated carbocycles.